The molecule has 2 atom stereocenters. The van der Waals surface area contributed by atoms with E-state index in [1.165, 1.54) is 0 Å². The number of carbonyl (C=O) groups is 1. The number of anilines is 1. The van der Waals surface area contributed by atoms with E-state index in [9.17, 15) is 9.00 Å². The van der Waals surface area contributed by atoms with Crippen molar-refractivity contribution in [2.24, 2.45) is 5.73 Å². The van der Waals surface area contributed by atoms with Gasteiger partial charge in [0.1, 0.15) is 5.25 Å². The van der Waals surface area contributed by atoms with Gasteiger partial charge < -0.3 is 11.1 Å². The maximum absolute atomic E-state index is 12.3. The van der Waals surface area contributed by atoms with Crippen LogP contribution in [0.2, 0.25) is 0 Å². The third kappa shape index (κ3) is 4.00. The van der Waals surface area contributed by atoms with Crippen LogP contribution in [0.4, 0.5) is 5.69 Å². The normalized spacial score (nSPS) is 13.4. The summed E-state index contributed by atoms with van der Waals surface area (Å²) in [4.78, 5) is 12.8. The first-order valence-electron chi connectivity index (χ1n) is 6.67. The highest BCUT2D eigenvalue weighted by Crippen LogP contribution is 2.14. The second-order valence-electron chi connectivity index (χ2n) is 4.65. The lowest BCUT2D eigenvalue weighted by Crippen LogP contribution is -2.29. The Bertz CT molecular complexity index is 644. The van der Waals surface area contributed by atoms with E-state index in [1.807, 2.05) is 36.4 Å². The Hall–Kier alpha value is -1.98. The summed E-state index contributed by atoms with van der Waals surface area (Å²) in [6.07, 6.45) is 0. The van der Waals surface area contributed by atoms with Gasteiger partial charge in [0.15, 0.2) is 0 Å². The topological polar surface area (TPSA) is 72.2 Å². The Morgan fingerprint density at radius 3 is 2.57 bits per heavy atom. The summed E-state index contributed by atoms with van der Waals surface area (Å²) in [6, 6.07) is 16.3. The number of rotatable bonds is 5. The summed E-state index contributed by atoms with van der Waals surface area (Å²) >= 11 is 0. The van der Waals surface area contributed by atoms with Gasteiger partial charge in [-0.1, -0.05) is 30.3 Å². The van der Waals surface area contributed by atoms with Gasteiger partial charge in [0, 0.05) is 17.1 Å². The summed E-state index contributed by atoms with van der Waals surface area (Å²) in [5, 5.41) is 2.15. The van der Waals surface area contributed by atoms with Crippen molar-refractivity contribution < 1.29 is 9.00 Å². The minimum absolute atomic E-state index is 0.272. The van der Waals surface area contributed by atoms with E-state index >= 15 is 0 Å². The van der Waals surface area contributed by atoms with Crippen LogP contribution in [-0.2, 0) is 22.1 Å². The van der Waals surface area contributed by atoms with Crippen molar-refractivity contribution in [1.82, 2.24) is 0 Å². The largest absolute Gasteiger partial charge is 0.326 e. The van der Waals surface area contributed by atoms with E-state index < -0.39 is 16.0 Å². The Morgan fingerprint density at radius 1 is 1.19 bits per heavy atom. The molecule has 0 fully saturated rings. The molecule has 2 unspecified atom stereocenters. The lowest BCUT2D eigenvalue weighted by atomic mass is 10.2. The van der Waals surface area contributed by atoms with Crippen molar-refractivity contribution in [3.63, 3.8) is 0 Å². The van der Waals surface area contributed by atoms with Gasteiger partial charge in [-0.2, -0.15) is 0 Å². The van der Waals surface area contributed by atoms with Gasteiger partial charge in [0.25, 0.3) is 0 Å². The molecule has 0 spiro atoms. The fraction of sp³-hybridized carbons (Fsp3) is 0.188. The molecular weight excluding hydrogens is 284 g/mol. The molecule has 4 nitrogen and oxygen atoms in total. The van der Waals surface area contributed by atoms with E-state index in [0.29, 0.717) is 17.1 Å². The molecule has 2 rings (SSSR count). The third-order valence-corrected chi connectivity index (χ3v) is 4.69. The number of nitrogens with one attached hydrogen (secondary N) is 1. The summed E-state index contributed by atoms with van der Waals surface area (Å²) in [7, 11) is -1.38. The minimum atomic E-state index is -1.38. The predicted octanol–water partition coefficient (Wildman–Crippen LogP) is 2.28. The van der Waals surface area contributed by atoms with Crippen LogP contribution in [0.3, 0.4) is 0 Å². The van der Waals surface area contributed by atoms with E-state index in [1.54, 1.807) is 25.1 Å². The minimum Gasteiger partial charge on any atom is -0.326 e. The molecule has 0 aliphatic heterocycles. The average molecular weight is 302 g/mol. The standard InChI is InChI=1S/C16H18N2O2S/c1-12(21(20)15-8-3-2-4-9-15)16(19)18-14-7-5-6-13(10-14)11-17/h2-10,12H,11,17H2,1H3,(H,18,19). The lowest BCUT2D eigenvalue weighted by Gasteiger charge is -2.12. The molecule has 0 aliphatic rings. The summed E-state index contributed by atoms with van der Waals surface area (Å²) in [5.41, 5.74) is 7.17. The van der Waals surface area contributed by atoms with Crippen LogP contribution in [0.25, 0.3) is 0 Å². The average Bonchev–Trinajstić information content (AvgIpc) is 2.54. The zero-order valence-electron chi connectivity index (χ0n) is 11.8. The number of carbonyl (C=O) groups excluding carboxylic acids is 1. The molecule has 0 aliphatic carbocycles. The summed E-state index contributed by atoms with van der Waals surface area (Å²) in [6.45, 7) is 2.07. The Balaban J connectivity index is 2.07. The Morgan fingerprint density at radius 2 is 1.90 bits per heavy atom. The van der Waals surface area contributed by atoms with Gasteiger partial charge in [-0.25, -0.2) is 0 Å². The van der Waals surface area contributed by atoms with Gasteiger partial charge in [0.05, 0.1) is 10.8 Å². The fourth-order valence-electron chi connectivity index (χ4n) is 1.88. The van der Waals surface area contributed by atoms with Crippen LogP contribution in [0, 0.1) is 0 Å². The van der Waals surface area contributed by atoms with E-state index in [2.05, 4.69) is 5.32 Å². The second kappa shape index (κ2) is 7.15. The SMILES string of the molecule is CC(C(=O)Nc1cccc(CN)c1)S(=O)c1ccccc1. The molecular formula is C16H18N2O2S. The number of amides is 1. The van der Waals surface area contributed by atoms with E-state index in [0.717, 1.165) is 5.56 Å². The quantitative estimate of drug-likeness (QED) is 0.890. The lowest BCUT2D eigenvalue weighted by molar-refractivity contribution is -0.115. The molecule has 0 bridgehead atoms. The van der Waals surface area contributed by atoms with Gasteiger partial charge in [-0.15, -0.1) is 0 Å². The van der Waals surface area contributed by atoms with Crippen molar-refractivity contribution in [3.8, 4) is 0 Å². The van der Waals surface area contributed by atoms with Gasteiger partial charge in [-0.05, 0) is 36.8 Å². The molecule has 0 radical (unpaired) electrons. The van der Waals surface area contributed by atoms with E-state index in [-0.39, 0.29) is 5.91 Å². The fourth-order valence-corrected chi connectivity index (χ4v) is 2.96. The molecule has 110 valence electrons. The molecule has 0 heterocycles. The van der Waals surface area contributed by atoms with Crippen molar-refractivity contribution in [1.29, 1.82) is 0 Å². The highest BCUT2D eigenvalue weighted by atomic mass is 32.2. The smallest absolute Gasteiger partial charge is 0.240 e. The van der Waals surface area contributed by atoms with Crippen LogP contribution in [0.15, 0.2) is 59.5 Å². The zero-order chi connectivity index (χ0) is 15.2. The molecule has 5 heteroatoms. The van der Waals surface area contributed by atoms with Crippen molar-refractivity contribution >= 4 is 22.4 Å². The van der Waals surface area contributed by atoms with Gasteiger partial charge >= 0.3 is 0 Å². The van der Waals surface area contributed by atoms with Crippen LogP contribution < -0.4 is 11.1 Å². The number of benzene rings is 2. The van der Waals surface area contributed by atoms with Crippen LogP contribution >= 0.6 is 0 Å². The molecule has 2 aromatic carbocycles. The molecule has 0 saturated heterocycles. The zero-order valence-corrected chi connectivity index (χ0v) is 12.6. The monoisotopic (exact) mass is 302 g/mol. The molecule has 1 amide bonds. The number of hydrogen-bond acceptors (Lipinski definition) is 3. The molecule has 2 aromatic rings. The first kappa shape index (κ1) is 15.4. The number of hydrogen-bond donors (Lipinski definition) is 2. The molecule has 3 N–H and O–H groups in total. The molecule has 0 aromatic heterocycles. The van der Waals surface area contributed by atoms with Crippen molar-refractivity contribution in [3.05, 3.63) is 60.2 Å². The molecule has 21 heavy (non-hydrogen) atoms. The highest BCUT2D eigenvalue weighted by molar-refractivity contribution is 7.86. The van der Waals surface area contributed by atoms with Crippen molar-refractivity contribution in [2.45, 2.75) is 23.6 Å². The summed E-state index contributed by atoms with van der Waals surface area (Å²) < 4.78 is 12.3. The highest BCUT2D eigenvalue weighted by Gasteiger charge is 2.21. The van der Waals surface area contributed by atoms with Gasteiger partial charge in [-0.3, -0.25) is 9.00 Å². The Kier molecular flexibility index (Phi) is 5.25. The van der Waals surface area contributed by atoms with Gasteiger partial charge in [0.2, 0.25) is 5.91 Å². The Labute approximate surface area is 126 Å². The van der Waals surface area contributed by atoms with E-state index in [4.69, 9.17) is 5.73 Å². The van der Waals surface area contributed by atoms with Crippen LogP contribution in [0.1, 0.15) is 12.5 Å². The first-order chi connectivity index (χ1) is 10.1. The van der Waals surface area contributed by atoms with Crippen LogP contribution in [0.5, 0.6) is 0 Å². The third-order valence-electron chi connectivity index (χ3n) is 3.10. The maximum Gasteiger partial charge on any atom is 0.240 e. The van der Waals surface area contributed by atoms with Crippen LogP contribution in [-0.4, -0.2) is 15.4 Å². The predicted molar refractivity (Wildman–Crippen MR) is 85.3 cm³/mol. The molecule has 0 saturated carbocycles. The number of nitrogens with two attached hydrogens (primary N) is 1. The van der Waals surface area contributed by atoms with Crippen molar-refractivity contribution in [2.75, 3.05) is 5.32 Å². The first-order valence-corrected chi connectivity index (χ1v) is 7.88. The second-order valence-corrected chi connectivity index (χ2v) is 6.42. The maximum atomic E-state index is 12.3. The summed E-state index contributed by atoms with van der Waals surface area (Å²) in [5.74, 6) is -0.272.